The number of hydrogen-bond donors (Lipinski definition) is 0. The van der Waals surface area contributed by atoms with Crippen LogP contribution in [0.3, 0.4) is 0 Å². The number of allylic oxidation sites excluding steroid dienone is 4. The van der Waals surface area contributed by atoms with Crippen LogP contribution >= 0.6 is 0 Å². The van der Waals surface area contributed by atoms with Crippen LogP contribution in [-0.2, 0) is 0 Å². The lowest BCUT2D eigenvalue weighted by atomic mass is 9.79. The van der Waals surface area contributed by atoms with Gasteiger partial charge in [0.15, 0.2) is 0 Å². The van der Waals surface area contributed by atoms with Crippen LogP contribution in [0, 0.1) is 5.41 Å². The van der Waals surface area contributed by atoms with Crippen LogP contribution in [0.2, 0.25) is 0 Å². The van der Waals surface area contributed by atoms with E-state index >= 15 is 0 Å². The van der Waals surface area contributed by atoms with Gasteiger partial charge in [0, 0.05) is 0 Å². The zero-order valence-electron chi connectivity index (χ0n) is 12.6. The maximum absolute atomic E-state index is 2.40. The first kappa shape index (κ1) is 15.5. The summed E-state index contributed by atoms with van der Waals surface area (Å²) >= 11 is 0. The van der Waals surface area contributed by atoms with Gasteiger partial charge in [0.2, 0.25) is 0 Å². The van der Waals surface area contributed by atoms with E-state index in [0.29, 0.717) is 5.41 Å². The fourth-order valence-corrected chi connectivity index (χ4v) is 2.80. The molecule has 1 aliphatic carbocycles. The molecule has 104 valence electrons. The maximum Gasteiger partial charge on any atom is -0.0109 e. The summed E-state index contributed by atoms with van der Waals surface area (Å²) in [6, 6.07) is 0. The molecule has 0 radical (unpaired) electrons. The van der Waals surface area contributed by atoms with E-state index in [0.717, 1.165) is 0 Å². The molecule has 0 heteroatoms. The number of hydrogen-bond acceptors (Lipinski definition) is 0. The molecule has 0 aromatic heterocycles. The van der Waals surface area contributed by atoms with Crippen molar-refractivity contribution < 1.29 is 0 Å². The smallest absolute Gasteiger partial charge is 0.0109 e. The van der Waals surface area contributed by atoms with Crippen molar-refractivity contribution >= 4 is 0 Å². The molecule has 1 rings (SSSR count). The zero-order chi connectivity index (χ0) is 13.1. The van der Waals surface area contributed by atoms with E-state index in [1.807, 2.05) is 0 Å². The Morgan fingerprint density at radius 1 is 0.833 bits per heavy atom. The van der Waals surface area contributed by atoms with Gasteiger partial charge in [-0.1, -0.05) is 95.9 Å². The summed E-state index contributed by atoms with van der Waals surface area (Å²) in [5, 5.41) is 0. The second-order valence-electron chi connectivity index (χ2n) is 6.22. The Bertz CT molecular complexity index is 249. The second-order valence-corrected chi connectivity index (χ2v) is 6.22. The van der Waals surface area contributed by atoms with E-state index < -0.39 is 0 Å². The highest BCUT2D eigenvalue weighted by Crippen LogP contribution is 2.33. The molecule has 1 aliphatic rings. The van der Waals surface area contributed by atoms with Gasteiger partial charge in [-0.25, -0.2) is 0 Å². The summed E-state index contributed by atoms with van der Waals surface area (Å²) in [6.07, 6.45) is 24.6. The topological polar surface area (TPSA) is 0 Å². The van der Waals surface area contributed by atoms with Gasteiger partial charge in [0.05, 0.1) is 0 Å². The summed E-state index contributed by atoms with van der Waals surface area (Å²) in [6.45, 7) is 4.69. The van der Waals surface area contributed by atoms with E-state index in [1.54, 1.807) is 0 Å². The number of rotatable bonds is 10. The van der Waals surface area contributed by atoms with E-state index in [1.165, 1.54) is 70.6 Å². The van der Waals surface area contributed by atoms with Gasteiger partial charge in [0.1, 0.15) is 0 Å². The Labute approximate surface area is 115 Å². The molecule has 0 saturated heterocycles. The van der Waals surface area contributed by atoms with E-state index in [-0.39, 0.29) is 0 Å². The molecule has 0 amide bonds. The van der Waals surface area contributed by atoms with Crippen LogP contribution in [-0.4, -0.2) is 0 Å². The molecule has 0 N–H and O–H groups in total. The summed E-state index contributed by atoms with van der Waals surface area (Å²) in [4.78, 5) is 0. The SMILES string of the molecule is CCCCCCCCCCCC1(C)C=CC=CC1. The van der Waals surface area contributed by atoms with Crippen molar-refractivity contribution in [2.24, 2.45) is 5.41 Å². The first-order valence-corrected chi connectivity index (χ1v) is 8.11. The van der Waals surface area contributed by atoms with E-state index in [2.05, 4.69) is 38.2 Å². The molecular formula is C18H32. The highest BCUT2D eigenvalue weighted by molar-refractivity contribution is 5.15. The summed E-state index contributed by atoms with van der Waals surface area (Å²) < 4.78 is 0. The fraction of sp³-hybridized carbons (Fsp3) is 0.778. The normalized spacial score (nSPS) is 22.6. The molecule has 18 heavy (non-hydrogen) atoms. The fourth-order valence-electron chi connectivity index (χ4n) is 2.80. The van der Waals surface area contributed by atoms with Crippen LogP contribution in [0.4, 0.5) is 0 Å². The second kappa shape index (κ2) is 9.42. The van der Waals surface area contributed by atoms with Crippen LogP contribution in [0.25, 0.3) is 0 Å². The van der Waals surface area contributed by atoms with Gasteiger partial charge in [-0.2, -0.15) is 0 Å². The molecule has 0 aromatic rings. The molecule has 0 aromatic carbocycles. The lowest BCUT2D eigenvalue weighted by Gasteiger charge is -2.26. The van der Waals surface area contributed by atoms with E-state index in [4.69, 9.17) is 0 Å². The minimum Gasteiger partial charge on any atom is -0.0837 e. The molecular weight excluding hydrogens is 216 g/mol. The quantitative estimate of drug-likeness (QED) is 0.391. The Morgan fingerprint density at radius 2 is 1.44 bits per heavy atom. The molecule has 0 fully saturated rings. The van der Waals surface area contributed by atoms with Gasteiger partial charge in [-0.3, -0.25) is 0 Å². The van der Waals surface area contributed by atoms with Gasteiger partial charge >= 0.3 is 0 Å². The van der Waals surface area contributed by atoms with Gasteiger partial charge < -0.3 is 0 Å². The third-order valence-corrected chi connectivity index (χ3v) is 4.18. The molecule has 0 heterocycles. The molecule has 1 unspecified atom stereocenters. The number of unbranched alkanes of at least 4 members (excludes halogenated alkanes) is 8. The Morgan fingerprint density at radius 3 is 2.00 bits per heavy atom. The first-order valence-electron chi connectivity index (χ1n) is 8.11. The predicted octanol–water partition coefficient (Wildman–Crippen LogP) is 6.43. The average Bonchev–Trinajstić information content (AvgIpc) is 2.38. The van der Waals surface area contributed by atoms with Crippen LogP contribution < -0.4 is 0 Å². The van der Waals surface area contributed by atoms with Gasteiger partial charge in [-0.05, 0) is 18.3 Å². The molecule has 0 spiro atoms. The highest BCUT2D eigenvalue weighted by atomic mass is 14.2. The van der Waals surface area contributed by atoms with Crippen LogP contribution in [0.5, 0.6) is 0 Å². The van der Waals surface area contributed by atoms with E-state index in [9.17, 15) is 0 Å². The predicted molar refractivity (Wildman–Crippen MR) is 82.8 cm³/mol. The average molecular weight is 248 g/mol. The third-order valence-electron chi connectivity index (χ3n) is 4.18. The van der Waals surface area contributed by atoms with Crippen molar-refractivity contribution in [3.8, 4) is 0 Å². The minimum atomic E-state index is 0.454. The van der Waals surface area contributed by atoms with Crippen molar-refractivity contribution in [2.75, 3.05) is 0 Å². The molecule has 0 bridgehead atoms. The first-order chi connectivity index (χ1) is 8.77. The largest absolute Gasteiger partial charge is 0.0837 e. The summed E-state index contributed by atoms with van der Waals surface area (Å²) in [7, 11) is 0. The Kier molecular flexibility index (Phi) is 8.13. The van der Waals surface area contributed by atoms with Crippen molar-refractivity contribution in [3.63, 3.8) is 0 Å². The lowest BCUT2D eigenvalue weighted by molar-refractivity contribution is 0.370. The Balaban J connectivity index is 1.89. The lowest BCUT2D eigenvalue weighted by Crippen LogP contribution is -2.13. The Hall–Kier alpha value is -0.520. The van der Waals surface area contributed by atoms with Crippen molar-refractivity contribution in [2.45, 2.75) is 84.5 Å². The standard InChI is InChI=1S/C18H32/c1-3-4-5-6-7-8-9-10-12-15-18(2)16-13-11-14-17-18/h11,13-14,16H,3-10,12,15,17H2,1-2H3. The zero-order valence-corrected chi connectivity index (χ0v) is 12.6. The molecule has 0 saturated carbocycles. The maximum atomic E-state index is 2.40. The summed E-state index contributed by atoms with van der Waals surface area (Å²) in [5.41, 5.74) is 0.454. The van der Waals surface area contributed by atoms with Crippen LogP contribution in [0.1, 0.15) is 84.5 Å². The van der Waals surface area contributed by atoms with Crippen molar-refractivity contribution in [3.05, 3.63) is 24.3 Å². The summed E-state index contributed by atoms with van der Waals surface area (Å²) in [5.74, 6) is 0. The van der Waals surface area contributed by atoms with Gasteiger partial charge in [0.25, 0.3) is 0 Å². The van der Waals surface area contributed by atoms with Gasteiger partial charge in [-0.15, -0.1) is 0 Å². The molecule has 0 nitrogen and oxygen atoms in total. The van der Waals surface area contributed by atoms with Crippen LogP contribution in [0.15, 0.2) is 24.3 Å². The third kappa shape index (κ3) is 7.03. The monoisotopic (exact) mass is 248 g/mol. The highest BCUT2D eigenvalue weighted by Gasteiger charge is 2.19. The molecule has 1 atom stereocenters. The molecule has 0 aliphatic heterocycles. The minimum absolute atomic E-state index is 0.454. The van der Waals surface area contributed by atoms with Crippen molar-refractivity contribution in [1.29, 1.82) is 0 Å². The van der Waals surface area contributed by atoms with Crippen molar-refractivity contribution in [1.82, 2.24) is 0 Å².